The maximum Gasteiger partial charge on any atom is 0.555 e. The monoisotopic (exact) mass is 220 g/mol. The second-order valence-electron chi connectivity index (χ2n) is 3.06. The maximum absolute atomic E-state index is 10.8. The van der Waals surface area contributed by atoms with Gasteiger partial charge < -0.3 is 5.11 Å². The fraction of sp³-hybridized carbons (Fsp3) is 0.857. The molecule has 0 aromatic carbocycles. The van der Waals surface area contributed by atoms with Crippen LogP contribution in [0.5, 0.6) is 0 Å². The van der Waals surface area contributed by atoms with Crippen molar-refractivity contribution in [1.82, 2.24) is 0 Å². The van der Waals surface area contributed by atoms with E-state index in [1.165, 1.54) is 13.8 Å². The smallest absolute Gasteiger partial charge is 0.470 e. The highest BCUT2D eigenvalue weighted by atomic mass is 16.7. The molecule has 0 amide bonds. The van der Waals surface area contributed by atoms with E-state index in [1.807, 2.05) is 0 Å². The van der Waals surface area contributed by atoms with E-state index in [0.717, 1.165) is 0 Å². The summed E-state index contributed by atoms with van der Waals surface area (Å²) in [7, 11) is 0. The SMILES string of the molecule is CCC(CC)C(C(=O)O)([N+](=O)[O-])[N+](=O)[O-]. The molecule has 0 bridgehead atoms. The van der Waals surface area contributed by atoms with Crippen molar-refractivity contribution in [3.8, 4) is 0 Å². The average molecular weight is 220 g/mol. The van der Waals surface area contributed by atoms with Crippen LogP contribution >= 0.6 is 0 Å². The summed E-state index contributed by atoms with van der Waals surface area (Å²) in [6, 6.07) is 0. The predicted octanol–water partition coefficient (Wildman–Crippen LogP) is 0.757. The Morgan fingerprint density at radius 2 is 1.60 bits per heavy atom. The number of nitrogens with zero attached hydrogens (tertiary/aromatic N) is 2. The minimum absolute atomic E-state index is 0.0603. The number of aliphatic carboxylic acids is 1. The minimum atomic E-state index is -3.12. The fourth-order valence-electron chi connectivity index (χ4n) is 1.55. The zero-order valence-corrected chi connectivity index (χ0v) is 8.37. The molecule has 0 saturated carbocycles. The Morgan fingerprint density at radius 3 is 1.67 bits per heavy atom. The third kappa shape index (κ3) is 1.88. The zero-order chi connectivity index (χ0) is 12.2. The van der Waals surface area contributed by atoms with E-state index >= 15 is 0 Å². The van der Waals surface area contributed by atoms with Gasteiger partial charge >= 0.3 is 11.6 Å². The van der Waals surface area contributed by atoms with E-state index in [4.69, 9.17) is 5.11 Å². The molecule has 0 fully saturated rings. The van der Waals surface area contributed by atoms with E-state index in [2.05, 4.69) is 0 Å². The maximum atomic E-state index is 10.8. The molecule has 8 heteroatoms. The molecule has 86 valence electrons. The summed E-state index contributed by atoms with van der Waals surface area (Å²) >= 11 is 0. The number of carboxylic acid groups (broad SMARTS) is 1. The minimum Gasteiger partial charge on any atom is -0.470 e. The molecule has 0 heterocycles. The molecule has 15 heavy (non-hydrogen) atoms. The van der Waals surface area contributed by atoms with E-state index in [-0.39, 0.29) is 12.8 Å². The Bertz CT molecular complexity index is 249. The van der Waals surface area contributed by atoms with Crippen LogP contribution in [-0.4, -0.2) is 26.6 Å². The van der Waals surface area contributed by atoms with Gasteiger partial charge in [-0.1, -0.05) is 13.8 Å². The van der Waals surface area contributed by atoms with Crippen molar-refractivity contribution < 1.29 is 19.7 Å². The number of nitro groups is 2. The van der Waals surface area contributed by atoms with Gasteiger partial charge in [0.2, 0.25) is 0 Å². The molecular formula is C7H12N2O6. The van der Waals surface area contributed by atoms with Crippen molar-refractivity contribution in [2.45, 2.75) is 32.4 Å². The van der Waals surface area contributed by atoms with Gasteiger partial charge in [-0.25, -0.2) is 4.79 Å². The lowest BCUT2D eigenvalue weighted by molar-refractivity contribution is -0.788. The highest BCUT2D eigenvalue weighted by Gasteiger charge is 2.69. The largest absolute Gasteiger partial charge is 0.555 e. The van der Waals surface area contributed by atoms with E-state index in [1.54, 1.807) is 0 Å². The molecule has 0 radical (unpaired) electrons. The van der Waals surface area contributed by atoms with E-state index in [0.29, 0.717) is 0 Å². The van der Waals surface area contributed by atoms with Gasteiger partial charge in [-0.15, -0.1) is 0 Å². The van der Waals surface area contributed by atoms with Gasteiger partial charge in [0.1, 0.15) is 15.8 Å². The van der Waals surface area contributed by atoms with Crippen molar-refractivity contribution in [3.63, 3.8) is 0 Å². The summed E-state index contributed by atoms with van der Waals surface area (Å²) in [5, 5.41) is 30.0. The van der Waals surface area contributed by atoms with Gasteiger partial charge in [0, 0.05) is 0 Å². The third-order valence-corrected chi connectivity index (χ3v) is 2.43. The second-order valence-corrected chi connectivity index (χ2v) is 3.06. The molecule has 0 aliphatic rings. The summed E-state index contributed by atoms with van der Waals surface area (Å²) in [5.74, 6) is -3.15. The Balaban J connectivity index is 5.61. The lowest BCUT2D eigenvalue weighted by Crippen LogP contribution is -2.58. The van der Waals surface area contributed by atoms with Crippen LogP contribution in [-0.2, 0) is 4.79 Å². The lowest BCUT2D eigenvalue weighted by Gasteiger charge is -2.19. The van der Waals surface area contributed by atoms with E-state index < -0.39 is 27.4 Å². The van der Waals surface area contributed by atoms with Crippen LogP contribution in [0, 0.1) is 26.1 Å². The zero-order valence-electron chi connectivity index (χ0n) is 8.37. The average Bonchev–Trinajstić information content (AvgIpc) is 2.11. The molecule has 0 unspecified atom stereocenters. The normalized spacial score (nSPS) is 11.4. The molecule has 0 spiro atoms. The van der Waals surface area contributed by atoms with Crippen LogP contribution in [0.25, 0.3) is 0 Å². The van der Waals surface area contributed by atoms with Crippen LogP contribution in [0.15, 0.2) is 0 Å². The van der Waals surface area contributed by atoms with Gasteiger partial charge in [0.05, 0.1) is 0 Å². The van der Waals surface area contributed by atoms with Gasteiger partial charge in [-0.05, 0) is 12.8 Å². The summed E-state index contributed by atoms with van der Waals surface area (Å²) < 4.78 is 0. The van der Waals surface area contributed by atoms with E-state index in [9.17, 15) is 25.0 Å². The van der Waals surface area contributed by atoms with Gasteiger partial charge in [-0.3, -0.25) is 20.2 Å². The first kappa shape index (κ1) is 13.3. The van der Waals surface area contributed by atoms with Crippen molar-refractivity contribution in [3.05, 3.63) is 20.2 Å². The molecule has 0 aliphatic carbocycles. The highest BCUT2D eigenvalue weighted by molar-refractivity contribution is 5.75. The van der Waals surface area contributed by atoms with Crippen LogP contribution < -0.4 is 0 Å². The highest BCUT2D eigenvalue weighted by Crippen LogP contribution is 2.28. The van der Waals surface area contributed by atoms with Crippen molar-refractivity contribution in [2.75, 3.05) is 0 Å². The molecule has 0 aromatic rings. The van der Waals surface area contributed by atoms with Gasteiger partial charge in [0.15, 0.2) is 0 Å². The second kappa shape index (κ2) is 4.67. The van der Waals surface area contributed by atoms with Crippen molar-refractivity contribution in [2.24, 2.45) is 5.92 Å². The molecule has 0 atom stereocenters. The summed E-state index contributed by atoms with van der Waals surface area (Å²) in [4.78, 5) is 29.4. The number of carbonyl (C=O) groups is 1. The van der Waals surface area contributed by atoms with Crippen molar-refractivity contribution >= 4 is 5.97 Å². The van der Waals surface area contributed by atoms with Gasteiger partial charge in [0.25, 0.3) is 0 Å². The number of hydrogen-bond acceptors (Lipinski definition) is 5. The summed E-state index contributed by atoms with van der Waals surface area (Å²) in [6.45, 7) is 2.97. The summed E-state index contributed by atoms with van der Waals surface area (Å²) in [5.41, 5.74) is -3.12. The Morgan fingerprint density at radius 1 is 1.27 bits per heavy atom. The Kier molecular flexibility index (Phi) is 4.13. The van der Waals surface area contributed by atoms with Crippen molar-refractivity contribution in [1.29, 1.82) is 0 Å². The molecule has 0 rings (SSSR count). The molecule has 1 N–H and O–H groups in total. The number of hydrogen-bond donors (Lipinski definition) is 1. The Labute approximate surface area is 85.2 Å². The standard InChI is InChI=1S/C7H12N2O6/c1-3-5(4-2)7(6(10)11,8(12)13)9(14)15/h5H,3-4H2,1-2H3,(H,10,11). The number of carboxylic acids is 1. The molecule has 0 saturated heterocycles. The van der Waals surface area contributed by atoms with Crippen LogP contribution in [0.3, 0.4) is 0 Å². The molecule has 8 nitrogen and oxygen atoms in total. The Hall–Kier alpha value is -1.73. The summed E-state index contributed by atoms with van der Waals surface area (Å²) in [6.07, 6.45) is 0.121. The first-order chi connectivity index (χ1) is 6.85. The lowest BCUT2D eigenvalue weighted by atomic mass is 9.88. The first-order valence-corrected chi connectivity index (χ1v) is 4.37. The third-order valence-electron chi connectivity index (χ3n) is 2.43. The quantitative estimate of drug-likeness (QED) is 0.400. The van der Waals surface area contributed by atoms with Crippen LogP contribution in [0.2, 0.25) is 0 Å². The predicted molar refractivity (Wildman–Crippen MR) is 48.4 cm³/mol. The number of rotatable bonds is 6. The first-order valence-electron chi connectivity index (χ1n) is 4.37. The van der Waals surface area contributed by atoms with Crippen LogP contribution in [0.1, 0.15) is 26.7 Å². The molecule has 0 aliphatic heterocycles. The topological polar surface area (TPSA) is 124 Å². The molecule has 0 aromatic heterocycles. The van der Waals surface area contributed by atoms with Gasteiger partial charge in [-0.2, -0.15) is 0 Å². The molecular weight excluding hydrogens is 208 g/mol. The van der Waals surface area contributed by atoms with Crippen LogP contribution in [0.4, 0.5) is 0 Å². The fourth-order valence-corrected chi connectivity index (χ4v) is 1.55.